The quantitative estimate of drug-likeness (QED) is 0.718. The predicted octanol–water partition coefficient (Wildman–Crippen LogP) is 1.06. The Balaban J connectivity index is 2.14. The lowest BCUT2D eigenvalue weighted by atomic mass is 10.1. The lowest BCUT2D eigenvalue weighted by Gasteiger charge is -2.16. The van der Waals surface area contributed by atoms with Crippen LogP contribution in [0.2, 0.25) is 0 Å². The van der Waals surface area contributed by atoms with E-state index in [1.807, 2.05) is 0 Å². The van der Waals surface area contributed by atoms with Gasteiger partial charge in [0.1, 0.15) is 17.6 Å². The molecule has 1 aromatic carbocycles. The number of phenols is 1. The molecule has 17 heavy (non-hydrogen) atoms. The van der Waals surface area contributed by atoms with Gasteiger partial charge in [0.25, 0.3) is 0 Å². The van der Waals surface area contributed by atoms with E-state index in [4.69, 9.17) is 5.73 Å². The molecule has 4 N–H and O–H groups in total. The van der Waals surface area contributed by atoms with Crippen LogP contribution in [0.15, 0.2) is 18.2 Å². The molecule has 0 radical (unpaired) electrons. The molecule has 0 bridgehead atoms. The number of carbonyl (C=O) groups excluding carboxylic acids is 1. The highest BCUT2D eigenvalue weighted by atomic mass is 19.1. The van der Waals surface area contributed by atoms with Crippen LogP contribution in [0.1, 0.15) is 24.4 Å². The minimum atomic E-state index is -0.753. The smallest absolute Gasteiger partial charge is 0.239 e. The molecule has 1 fully saturated rings. The van der Waals surface area contributed by atoms with Crippen LogP contribution in [0.3, 0.4) is 0 Å². The molecule has 1 amide bonds. The molecule has 5 heteroatoms. The Hall–Kier alpha value is -1.62. The number of hydrogen-bond donors (Lipinski definition) is 3. The molecule has 4 nitrogen and oxygen atoms in total. The van der Waals surface area contributed by atoms with Crippen LogP contribution in [0, 0.1) is 11.7 Å². The standard InChI is InChI=1S/C12H15FN2O2/c13-9-3-8(4-10(16)5-9)11(12(14)17)15-6-7-1-2-7/h3-5,7,11,15-16H,1-2,6H2,(H2,14,17). The molecule has 1 saturated carbocycles. The number of nitrogens with one attached hydrogen (secondary N) is 1. The summed E-state index contributed by atoms with van der Waals surface area (Å²) in [7, 11) is 0. The van der Waals surface area contributed by atoms with Gasteiger partial charge in [-0.25, -0.2) is 4.39 Å². The number of carbonyl (C=O) groups is 1. The van der Waals surface area contributed by atoms with Gasteiger partial charge in [-0.2, -0.15) is 0 Å². The first-order valence-corrected chi connectivity index (χ1v) is 5.58. The fraction of sp³-hybridized carbons (Fsp3) is 0.417. The maximum Gasteiger partial charge on any atom is 0.239 e. The number of primary amides is 1. The monoisotopic (exact) mass is 238 g/mol. The molecular formula is C12H15FN2O2. The Morgan fingerprint density at radius 2 is 2.24 bits per heavy atom. The van der Waals surface area contributed by atoms with E-state index < -0.39 is 17.8 Å². The van der Waals surface area contributed by atoms with Crippen LogP contribution < -0.4 is 11.1 Å². The van der Waals surface area contributed by atoms with Crippen LogP contribution in [0.4, 0.5) is 4.39 Å². The molecule has 1 aliphatic rings. The number of aromatic hydroxyl groups is 1. The molecule has 1 unspecified atom stereocenters. The van der Waals surface area contributed by atoms with E-state index in [2.05, 4.69) is 5.32 Å². The van der Waals surface area contributed by atoms with Crippen molar-refractivity contribution < 1.29 is 14.3 Å². The van der Waals surface area contributed by atoms with Gasteiger partial charge in [0, 0.05) is 6.07 Å². The number of halogens is 1. The maximum atomic E-state index is 13.1. The molecule has 0 aliphatic heterocycles. The first-order valence-electron chi connectivity index (χ1n) is 5.58. The second-order valence-corrected chi connectivity index (χ2v) is 4.43. The zero-order valence-electron chi connectivity index (χ0n) is 9.32. The van der Waals surface area contributed by atoms with Crippen LogP contribution in [0.25, 0.3) is 0 Å². The first kappa shape index (κ1) is 11.9. The van der Waals surface area contributed by atoms with E-state index >= 15 is 0 Å². The van der Waals surface area contributed by atoms with Crippen molar-refractivity contribution in [1.82, 2.24) is 5.32 Å². The molecule has 0 aromatic heterocycles. The van der Waals surface area contributed by atoms with E-state index in [9.17, 15) is 14.3 Å². The summed E-state index contributed by atoms with van der Waals surface area (Å²) in [6.45, 7) is 0.685. The van der Waals surface area contributed by atoms with Gasteiger partial charge in [-0.15, -0.1) is 0 Å². The van der Waals surface area contributed by atoms with Gasteiger partial charge in [0.15, 0.2) is 0 Å². The molecule has 2 rings (SSSR count). The second kappa shape index (κ2) is 4.71. The van der Waals surface area contributed by atoms with Gasteiger partial charge in [-0.05, 0) is 43.0 Å². The summed E-state index contributed by atoms with van der Waals surface area (Å²) in [6.07, 6.45) is 2.29. The van der Waals surface area contributed by atoms with Gasteiger partial charge in [-0.1, -0.05) is 0 Å². The topological polar surface area (TPSA) is 75.4 Å². The van der Waals surface area contributed by atoms with Crippen molar-refractivity contribution >= 4 is 5.91 Å². The van der Waals surface area contributed by atoms with E-state index in [0.717, 1.165) is 18.9 Å². The Morgan fingerprint density at radius 1 is 1.53 bits per heavy atom. The van der Waals surface area contributed by atoms with Crippen LogP contribution in [-0.2, 0) is 4.79 Å². The summed E-state index contributed by atoms with van der Waals surface area (Å²) in [4.78, 5) is 11.3. The van der Waals surface area contributed by atoms with Crippen molar-refractivity contribution in [1.29, 1.82) is 0 Å². The molecule has 0 saturated heterocycles. The normalized spacial score (nSPS) is 16.8. The van der Waals surface area contributed by atoms with Crippen LogP contribution in [-0.4, -0.2) is 17.6 Å². The van der Waals surface area contributed by atoms with Crippen molar-refractivity contribution in [3.8, 4) is 5.75 Å². The fourth-order valence-electron chi connectivity index (χ4n) is 1.75. The summed E-state index contributed by atoms with van der Waals surface area (Å²) < 4.78 is 13.1. The number of nitrogens with two attached hydrogens (primary N) is 1. The maximum absolute atomic E-state index is 13.1. The Labute approximate surface area is 98.6 Å². The highest BCUT2D eigenvalue weighted by Crippen LogP contribution is 2.29. The van der Waals surface area contributed by atoms with Crippen LogP contribution >= 0.6 is 0 Å². The van der Waals surface area contributed by atoms with Crippen molar-refractivity contribution in [2.75, 3.05) is 6.54 Å². The molecule has 0 heterocycles. The first-order chi connectivity index (χ1) is 8.06. The van der Waals surface area contributed by atoms with Gasteiger partial charge < -0.3 is 16.2 Å². The number of phenolic OH excluding ortho intramolecular Hbond substituents is 1. The SMILES string of the molecule is NC(=O)C(NCC1CC1)c1cc(O)cc(F)c1. The summed E-state index contributed by atoms with van der Waals surface area (Å²) in [5, 5.41) is 12.3. The predicted molar refractivity (Wildman–Crippen MR) is 60.7 cm³/mol. The largest absolute Gasteiger partial charge is 0.508 e. The molecule has 1 aliphatic carbocycles. The third kappa shape index (κ3) is 3.17. The molecular weight excluding hydrogens is 223 g/mol. The van der Waals surface area contributed by atoms with Crippen molar-refractivity contribution in [3.05, 3.63) is 29.6 Å². The average Bonchev–Trinajstić information content (AvgIpc) is 2.99. The van der Waals surface area contributed by atoms with E-state index in [0.29, 0.717) is 18.0 Å². The number of benzene rings is 1. The fourth-order valence-corrected chi connectivity index (χ4v) is 1.75. The summed E-state index contributed by atoms with van der Waals surface area (Å²) >= 11 is 0. The molecule has 92 valence electrons. The van der Waals surface area contributed by atoms with E-state index in [-0.39, 0.29) is 5.75 Å². The number of amides is 1. The van der Waals surface area contributed by atoms with Gasteiger partial charge in [0.05, 0.1) is 0 Å². The van der Waals surface area contributed by atoms with E-state index in [1.165, 1.54) is 12.1 Å². The zero-order valence-corrected chi connectivity index (χ0v) is 9.32. The highest BCUT2D eigenvalue weighted by molar-refractivity contribution is 5.81. The molecule has 0 spiro atoms. The highest BCUT2D eigenvalue weighted by Gasteiger charge is 2.25. The average molecular weight is 238 g/mol. The third-order valence-electron chi connectivity index (χ3n) is 2.83. The molecule has 1 aromatic rings. The van der Waals surface area contributed by atoms with Gasteiger partial charge in [-0.3, -0.25) is 4.79 Å². The van der Waals surface area contributed by atoms with Gasteiger partial charge >= 0.3 is 0 Å². The Kier molecular flexibility index (Phi) is 3.28. The Bertz CT molecular complexity index is 412. The summed E-state index contributed by atoms with van der Waals surface area (Å²) in [5.74, 6) is -0.784. The Morgan fingerprint density at radius 3 is 2.76 bits per heavy atom. The minimum Gasteiger partial charge on any atom is -0.508 e. The van der Waals surface area contributed by atoms with Crippen LogP contribution in [0.5, 0.6) is 5.75 Å². The second-order valence-electron chi connectivity index (χ2n) is 4.43. The summed E-state index contributed by atoms with van der Waals surface area (Å²) in [5.41, 5.74) is 5.63. The van der Waals surface area contributed by atoms with Crippen molar-refractivity contribution in [3.63, 3.8) is 0 Å². The lowest BCUT2D eigenvalue weighted by Crippen LogP contribution is -2.34. The third-order valence-corrected chi connectivity index (χ3v) is 2.83. The molecule has 1 atom stereocenters. The van der Waals surface area contributed by atoms with Crippen molar-refractivity contribution in [2.24, 2.45) is 11.7 Å². The minimum absolute atomic E-state index is 0.209. The summed E-state index contributed by atoms with van der Waals surface area (Å²) in [6, 6.07) is 2.78. The van der Waals surface area contributed by atoms with E-state index in [1.54, 1.807) is 0 Å². The zero-order chi connectivity index (χ0) is 12.4. The number of hydrogen-bond acceptors (Lipinski definition) is 3. The van der Waals surface area contributed by atoms with Crippen molar-refractivity contribution in [2.45, 2.75) is 18.9 Å². The lowest BCUT2D eigenvalue weighted by molar-refractivity contribution is -0.120. The van der Waals surface area contributed by atoms with Gasteiger partial charge in [0.2, 0.25) is 5.91 Å². The number of rotatable bonds is 5.